The molecule has 17 heavy (non-hydrogen) atoms. The predicted octanol–water partition coefficient (Wildman–Crippen LogP) is 2.01. The largest absolute Gasteiger partial charge is 0.294 e. The molecule has 5 nitrogen and oxygen atoms in total. The Labute approximate surface area is 104 Å². The van der Waals surface area contributed by atoms with Crippen molar-refractivity contribution < 1.29 is 9.63 Å². The first-order valence-corrected chi connectivity index (χ1v) is 5.53. The molecule has 0 saturated heterocycles. The topological polar surface area (TPSA) is 46.8 Å². The quantitative estimate of drug-likeness (QED) is 0.786. The van der Waals surface area contributed by atoms with Crippen LogP contribution in [0.5, 0.6) is 0 Å². The van der Waals surface area contributed by atoms with Crippen LogP contribution in [0, 0.1) is 0 Å². The Kier molecular flexibility index (Phi) is 3.31. The van der Waals surface area contributed by atoms with Crippen LogP contribution in [0.2, 0.25) is 5.02 Å². The number of hydrogen-bond donors (Lipinski definition) is 0. The first kappa shape index (κ1) is 11.9. The van der Waals surface area contributed by atoms with Crippen LogP contribution in [0.15, 0.2) is 24.7 Å². The van der Waals surface area contributed by atoms with E-state index in [0.717, 1.165) is 0 Å². The van der Waals surface area contributed by atoms with Crippen molar-refractivity contribution in [3.05, 3.63) is 35.4 Å². The van der Waals surface area contributed by atoms with Gasteiger partial charge in [0, 0.05) is 6.54 Å². The fraction of sp³-hybridized carbons (Fsp3) is 0.273. The number of carbonyl (C=O) groups excluding carboxylic acids is 1. The molecular weight excluding hydrogens is 242 g/mol. The van der Waals surface area contributed by atoms with Gasteiger partial charge in [-0.15, -0.1) is 0 Å². The van der Waals surface area contributed by atoms with Gasteiger partial charge in [0.1, 0.15) is 5.69 Å². The molecule has 0 N–H and O–H groups in total. The lowest BCUT2D eigenvalue weighted by Gasteiger charge is -2.18. The number of carbonyl (C=O) groups is 1. The van der Waals surface area contributed by atoms with E-state index < -0.39 is 0 Å². The highest BCUT2D eigenvalue weighted by molar-refractivity contribution is 6.33. The van der Waals surface area contributed by atoms with Crippen LogP contribution < -0.4 is 0 Å². The zero-order valence-electron chi connectivity index (χ0n) is 9.55. The summed E-state index contributed by atoms with van der Waals surface area (Å²) in [5.74, 6) is -0.227. The Bertz CT molecular complexity index is 549. The summed E-state index contributed by atoms with van der Waals surface area (Å²) in [6.45, 7) is 2.30. The first-order valence-electron chi connectivity index (χ1n) is 5.15. The van der Waals surface area contributed by atoms with E-state index in [-0.39, 0.29) is 5.91 Å². The molecule has 0 fully saturated rings. The highest BCUT2D eigenvalue weighted by Gasteiger charge is 2.17. The third-order valence-corrected chi connectivity index (χ3v) is 2.80. The van der Waals surface area contributed by atoms with E-state index >= 15 is 0 Å². The van der Waals surface area contributed by atoms with Gasteiger partial charge < -0.3 is 0 Å². The smallest absolute Gasteiger partial charge is 0.293 e. The monoisotopic (exact) mass is 253 g/mol. The van der Waals surface area contributed by atoms with Crippen LogP contribution >= 0.6 is 11.6 Å². The van der Waals surface area contributed by atoms with Gasteiger partial charge in [-0.3, -0.25) is 14.0 Å². The van der Waals surface area contributed by atoms with Crippen LogP contribution in [0.1, 0.15) is 17.4 Å². The molecule has 0 bridgehead atoms. The molecule has 6 heteroatoms. The molecule has 2 aromatic heterocycles. The summed E-state index contributed by atoms with van der Waals surface area (Å²) in [4.78, 5) is 21.1. The highest BCUT2D eigenvalue weighted by Crippen LogP contribution is 2.19. The average molecular weight is 254 g/mol. The fourth-order valence-electron chi connectivity index (χ4n) is 1.64. The second-order valence-electron chi connectivity index (χ2n) is 3.40. The minimum absolute atomic E-state index is 0.227. The lowest BCUT2D eigenvalue weighted by molar-refractivity contribution is -0.0919. The number of hydroxylamine groups is 2. The number of rotatable bonds is 3. The standard InChI is InChI=1S/C11H12ClN3O2/c1-3-15(17-2)11(16)9-5-4-8(12)10-6-13-7-14(9)10/h4-7H,3H2,1-2H3. The SMILES string of the molecule is CCN(OC)C(=O)c1ccc(Cl)c2cncn12. The third-order valence-electron chi connectivity index (χ3n) is 2.48. The molecule has 0 unspecified atom stereocenters. The Balaban J connectivity index is 2.52. The van der Waals surface area contributed by atoms with Gasteiger partial charge in [-0.05, 0) is 19.1 Å². The molecule has 0 aliphatic heterocycles. The maximum Gasteiger partial charge on any atom is 0.294 e. The highest BCUT2D eigenvalue weighted by atomic mass is 35.5. The van der Waals surface area contributed by atoms with Crippen molar-refractivity contribution in [2.75, 3.05) is 13.7 Å². The van der Waals surface area contributed by atoms with E-state index in [2.05, 4.69) is 4.98 Å². The molecule has 0 aliphatic rings. The molecule has 0 saturated carbocycles. The summed E-state index contributed by atoms with van der Waals surface area (Å²) in [5, 5.41) is 1.82. The fourth-order valence-corrected chi connectivity index (χ4v) is 1.84. The lowest BCUT2D eigenvalue weighted by atomic mass is 10.3. The van der Waals surface area contributed by atoms with Gasteiger partial charge in [-0.25, -0.2) is 10.0 Å². The molecule has 0 radical (unpaired) electrons. The number of imidazole rings is 1. The summed E-state index contributed by atoms with van der Waals surface area (Å²) in [6, 6.07) is 3.33. The number of aromatic nitrogens is 2. The minimum atomic E-state index is -0.227. The van der Waals surface area contributed by atoms with Crippen molar-refractivity contribution in [3.63, 3.8) is 0 Å². The van der Waals surface area contributed by atoms with Gasteiger partial charge in [0.25, 0.3) is 5.91 Å². The summed E-state index contributed by atoms with van der Waals surface area (Å²) in [5.41, 5.74) is 1.16. The average Bonchev–Trinajstić information content (AvgIpc) is 2.81. The van der Waals surface area contributed by atoms with Crippen molar-refractivity contribution in [2.24, 2.45) is 0 Å². The van der Waals surface area contributed by atoms with E-state index in [0.29, 0.717) is 22.8 Å². The van der Waals surface area contributed by atoms with Crippen molar-refractivity contribution in [1.82, 2.24) is 14.4 Å². The van der Waals surface area contributed by atoms with Gasteiger partial charge in [0.2, 0.25) is 0 Å². The van der Waals surface area contributed by atoms with Crippen molar-refractivity contribution >= 4 is 23.0 Å². The van der Waals surface area contributed by atoms with Gasteiger partial charge >= 0.3 is 0 Å². The van der Waals surface area contributed by atoms with Crippen molar-refractivity contribution in [3.8, 4) is 0 Å². The maximum atomic E-state index is 12.1. The third kappa shape index (κ3) is 1.99. The number of halogens is 1. The molecule has 0 atom stereocenters. The molecule has 2 rings (SSSR count). The molecule has 0 aromatic carbocycles. The van der Waals surface area contributed by atoms with Crippen LogP contribution in [0.4, 0.5) is 0 Å². The Morgan fingerprint density at radius 3 is 3.00 bits per heavy atom. The molecule has 1 amide bonds. The van der Waals surface area contributed by atoms with Gasteiger partial charge in [-0.2, -0.15) is 0 Å². The first-order chi connectivity index (χ1) is 8.19. The van der Waals surface area contributed by atoms with Crippen LogP contribution in [-0.2, 0) is 4.84 Å². The second kappa shape index (κ2) is 4.73. The Hall–Kier alpha value is -1.59. The summed E-state index contributed by atoms with van der Waals surface area (Å²) in [6.07, 6.45) is 3.17. The number of pyridine rings is 1. The van der Waals surface area contributed by atoms with E-state index in [9.17, 15) is 4.79 Å². The summed E-state index contributed by atoms with van der Waals surface area (Å²) < 4.78 is 1.65. The zero-order chi connectivity index (χ0) is 12.4. The normalized spacial score (nSPS) is 10.8. The minimum Gasteiger partial charge on any atom is -0.293 e. The Morgan fingerprint density at radius 1 is 1.59 bits per heavy atom. The summed E-state index contributed by atoms with van der Waals surface area (Å²) in [7, 11) is 1.46. The van der Waals surface area contributed by atoms with E-state index in [1.54, 1.807) is 29.1 Å². The zero-order valence-corrected chi connectivity index (χ0v) is 10.3. The van der Waals surface area contributed by atoms with Crippen LogP contribution in [-0.4, -0.2) is 34.0 Å². The molecule has 90 valence electrons. The summed E-state index contributed by atoms with van der Waals surface area (Å²) >= 11 is 6.01. The van der Waals surface area contributed by atoms with Crippen molar-refractivity contribution in [2.45, 2.75) is 6.92 Å². The van der Waals surface area contributed by atoms with Crippen LogP contribution in [0.3, 0.4) is 0 Å². The number of fused-ring (bicyclic) bond motifs is 1. The second-order valence-corrected chi connectivity index (χ2v) is 3.81. The number of nitrogens with zero attached hydrogens (tertiary/aromatic N) is 3. The molecule has 2 aromatic rings. The van der Waals surface area contributed by atoms with E-state index in [1.807, 2.05) is 6.92 Å². The Morgan fingerprint density at radius 2 is 2.35 bits per heavy atom. The molecule has 0 spiro atoms. The predicted molar refractivity (Wildman–Crippen MR) is 63.9 cm³/mol. The van der Waals surface area contributed by atoms with E-state index in [4.69, 9.17) is 16.4 Å². The van der Waals surface area contributed by atoms with Crippen molar-refractivity contribution in [1.29, 1.82) is 0 Å². The van der Waals surface area contributed by atoms with Crippen LogP contribution in [0.25, 0.3) is 5.52 Å². The molecule has 2 heterocycles. The van der Waals surface area contributed by atoms with E-state index in [1.165, 1.54) is 12.2 Å². The maximum absolute atomic E-state index is 12.1. The number of amides is 1. The number of hydrogen-bond acceptors (Lipinski definition) is 3. The lowest BCUT2D eigenvalue weighted by Crippen LogP contribution is -2.31. The van der Waals surface area contributed by atoms with Gasteiger partial charge in [-0.1, -0.05) is 11.6 Å². The van der Waals surface area contributed by atoms with Gasteiger partial charge in [0.15, 0.2) is 0 Å². The molecule has 0 aliphatic carbocycles. The molecular formula is C11H12ClN3O2. The van der Waals surface area contributed by atoms with Gasteiger partial charge in [0.05, 0.1) is 30.2 Å².